The summed E-state index contributed by atoms with van der Waals surface area (Å²) in [7, 11) is -0.538. The van der Waals surface area contributed by atoms with Gasteiger partial charge in [-0.3, -0.25) is 9.36 Å². The van der Waals surface area contributed by atoms with Crippen LogP contribution in [0.25, 0.3) is 0 Å². The summed E-state index contributed by atoms with van der Waals surface area (Å²) >= 11 is 0. The molecule has 1 saturated carbocycles. The van der Waals surface area contributed by atoms with E-state index in [-0.39, 0.29) is 17.4 Å². The minimum atomic E-state index is -3.19. The van der Waals surface area contributed by atoms with Gasteiger partial charge < -0.3 is 9.05 Å². The molecule has 5 heteroatoms. The van der Waals surface area contributed by atoms with Gasteiger partial charge >= 0.3 is 7.60 Å². The molecule has 1 rings (SSSR count). The second-order valence-corrected chi connectivity index (χ2v) is 6.71. The van der Waals surface area contributed by atoms with E-state index in [1.807, 2.05) is 0 Å². The molecule has 0 saturated heterocycles. The number of Topliss-reactive ketones (excluding diaryl/α,β-unsaturated/α-hetero) is 1. The second kappa shape index (κ2) is 5.44. The molecule has 16 heavy (non-hydrogen) atoms. The van der Waals surface area contributed by atoms with Crippen LogP contribution >= 0.6 is 7.60 Å². The molecule has 0 heterocycles. The number of ketones is 1. The minimum absolute atomic E-state index is 0.0487. The van der Waals surface area contributed by atoms with Crippen molar-refractivity contribution in [1.29, 1.82) is 0 Å². The van der Waals surface area contributed by atoms with E-state index in [2.05, 4.69) is 6.92 Å². The van der Waals surface area contributed by atoms with Crippen molar-refractivity contribution in [2.75, 3.05) is 20.4 Å². The average molecular weight is 248 g/mol. The van der Waals surface area contributed by atoms with Crippen LogP contribution < -0.4 is 0 Å². The van der Waals surface area contributed by atoms with Crippen LogP contribution in [-0.4, -0.2) is 26.2 Å². The van der Waals surface area contributed by atoms with Gasteiger partial charge in [-0.25, -0.2) is 0 Å². The van der Waals surface area contributed by atoms with Crippen LogP contribution in [0.5, 0.6) is 0 Å². The van der Waals surface area contributed by atoms with Crippen molar-refractivity contribution in [3.8, 4) is 0 Å². The Morgan fingerprint density at radius 1 is 1.31 bits per heavy atom. The largest absolute Gasteiger partial charge is 0.337 e. The van der Waals surface area contributed by atoms with Crippen molar-refractivity contribution < 1.29 is 18.4 Å². The third-order valence-electron chi connectivity index (χ3n) is 3.52. The number of carbonyl (C=O) groups is 1. The fourth-order valence-electron chi connectivity index (χ4n) is 2.30. The molecule has 0 N–H and O–H groups in total. The second-order valence-electron chi connectivity index (χ2n) is 4.44. The van der Waals surface area contributed by atoms with Gasteiger partial charge in [0.15, 0.2) is 5.78 Å². The third-order valence-corrected chi connectivity index (χ3v) is 5.31. The van der Waals surface area contributed by atoms with Crippen molar-refractivity contribution in [2.45, 2.75) is 39.0 Å². The SMILES string of the molecule is CCCC1(C(=O)CP(=O)(OC)OC)CCC1. The van der Waals surface area contributed by atoms with Crippen molar-refractivity contribution in [3.63, 3.8) is 0 Å². The topological polar surface area (TPSA) is 52.6 Å². The molecule has 0 bridgehead atoms. The summed E-state index contributed by atoms with van der Waals surface area (Å²) in [5.41, 5.74) is -0.235. The van der Waals surface area contributed by atoms with E-state index in [9.17, 15) is 9.36 Å². The van der Waals surface area contributed by atoms with Gasteiger partial charge in [-0.05, 0) is 19.3 Å². The van der Waals surface area contributed by atoms with Crippen LogP contribution in [0.15, 0.2) is 0 Å². The molecule has 0 spiro atoms. The summed E-state index contributed by atoms with van der Waals surface area (Å²) in [6.07, 6.45) is 4.73. The molecular formula is C11H21O4P. The van der Waals surface area contributed by atoms with E-state index >= 15 is 0 Å². The van der Waals surface area contributed by atoms with Crippen LogP contribution in [0.1, 0.15) is 39.0 Å². The highest BCUT2D eigenvalue weighted by Crippen LogP contribution is 2.52. The van der Waals surface area contributed by atoms with Gasteiger partial charge in [-0.15, -0.1) is 0 Å². The highest BCUT2D eigenvalue weighted by atomic mass is 31.2. The lowest BCUT2D eigenvalue weighted by Gasteiger charge is -2.40. The van der Waals surface area contributed by atoms with Gasteiger partial charge in [0.05, 0.1) is 0 Å². The van der Waals surface area contributed by atoms with Crippen LogP contribution in [0, 0.1) is 5.41 Å². The molecule has 4 nitrogen and oxygen atoms in total. The molecule has 0 aromatic heterocycles. The van der Waals surface area contributed by atoms with Crippen molar-refractivity contribution >= 4 is 13.4 Å². The Kier molecular flexibility index (Phi) is 4.72. The van der Waals surface area contributed by atoms with Crippen LogP contribution in [-0.2, 0) is 18.4 Å². The standard InChI is InChI=1S/C11H21O4P/c1-4-6-11(7-5-8-11)10(12)9-16(13,14-2)15-3/h4-9H2,1-3H3. The first-order valence-corrected chi connectivity index (χ1v) is 7.48. The molecule has 1 aliphatic carbocycles. The Balaban J connectivity index is 2.66. The Labute approximate surface area is 97.2 Å². The van der Waals surface area contributed by atoms with Gasteiger partial charge in [-0.1, -0.05) is 19.8 Å². The average Bonchev–Trinajstić information content (AvgIpc) is 2.23. The molecule has 0 aromatic carbocycles. The van der Waals surface area contributed by atoms with E-state index in [4.69, 9.17) is 9.05 Å². The van der Waals surface area contributed by atoms with Gasteiger partial charge in [0.2, 0.25) is 0 Å². The highest BCUT2D eigenvalue weighted by molar-refractivity contribution is 7.54. The fourth-order valence-corrected chi connectivity index (χ4v) is 3.39. The number of carbonyl (C=O) groups excluding carboxylic acids is 1. The maximum Gasteiger partial charge on any atom is 0.337 e. The summed E-state index contributed by atoms with van der Waals surface area (Å²) in [4.78, 5) is 12.1. The smallest absolute Gasteiger partial charge is 0.312 e. The lowest BCUT2D eigenvalue weighted by atomic mass is 9.64. The Hall–Kier alpha value is -0.180. The zero-order valence-corrected chi connectivity index (χ0v) is 11.2. The fraction of sp³-hybridized carbons (Fsp3) is 0.909. The van der Waals surface area contributed by atoms with Crippen LogP contribution in [0.2, 0.25) is 0 Å². The number of rotatable bonds is 7. The Morgan fingerprint density at radius 3 is 2.19 bits per heavy atom. The van der Waals surface area contributed by atoms with E-state index < -0.39 is 7.60 Å². The summed E-state index contributed by atoms with van der Waals surface area (Å²) in [6.45, 7) is 2.07. The third kappa shape index (κ3) is 2.73. The summed E-state index contributed by atoms with van der Waals surface area (Å²) < 4.78 is 21.5. The Bertz CT molecular complexity index is 288. The molecule has 1 fully saturated rings. The Morgan fingerprint density at radius 2 is 1.88 bits per heavy atom. The molecule has 0 aliphatic heterocycles. The molecular weight excluding hydrogens is 227 g/mol. The van der Waals surface area contributed by atoms with E-state index in [1.54, 1.807) is 0 Å². The van der Waals surface area contributed by atoms with Crippen molar-refractivity contribution in [3.05, 3.63) is 0 Å². The van der Waals surface area contributed by atoms with Gasteiger partial charge in [-0.2, -0.15) is 0 Å². The quantitative estimate of drug-likeness (QED) is 0.650. The number of hydrogen-bond donors (Lipinski definition) is 0. The van der Waals surface area contributed by atoms with Gasteiger partial charge in [0.1, 0.15) is 6.16 Å². The predicted molar refractivity (Wildman–Crippen MR) is 62.7 cm³/mol. The van der Waals surface area contributed by atoms with Crippen molar-refractivity contribution in [1.82, 2.24) is 0 Å². The molecule has 0 radical (unpaired) electrons. The predicted octanol–water partition coefficient (Wildman–Crippen LogP) is 3.01. The molecule has 0 aromatic rings. The molecule has 0 atom stereocenters. The van der Waals surface area contributed by atoms with Gasteiger partial charge in [0.25, 0.3) is 0 Å². The number of hydrogen-bond acceptors (Lipinski definition) is 4. The zero-order chi connectivity index (χ0) is 12.2. The normalized spacial score (nSPS) is 19.2. The van der Waals surface area contributed by atoms with E-state index in [0.29, 0.717) is 0 Å². The zero-order valence-electron chi connectivity index (χ0n) is 10.3. The first-order chi connectivity index (χ1) is 7.52. The molecule has 1 aliphatic rings. The van der Waals surface area contributed by atoms with E-state index in [0.717, 1.165) is 32.1 Å². The summed E-state index contributed by atoms with van der Waals surface area (Å²) in [5, 5.41) is 0. The molecule has 94 valence electrons. The minimum Gasteiger partial charge on any atom is -0.312 e. The van der Waals surface area contributed by atoms with Crippen LogP contribution in [0.4, 0.5) is 0 Å². The summed E-state index contributed by atoms with van der Waals surface area (Å²) in [6, 6.07) is 0. The maximum absolute atomic E-state index is 12.1. The lowest BCUT2D eigenvalue weighted by Crippen LogP contribution is -2.39. The van der Waals surface area contributed by atoms with E-state index in [1.165, 1.54) is 14.2 Å². The van der Waals surface area contributed by atoms with Crippen LogP contribution in [0.3, 0.4) is 0 Å². The monoisotopic (exact) mass is 248 g/mol. The molecule has 0 unspecified atom stereocenters. The summed E-state index contributed by atoms with van der Waals surface area (Å²) in [5.74, 6) is 0.0487. The maximum atomic E-state index is 12.1. The van der Waals surface area contributed by atoms with Gasteiger partial charge in [0, 0.05) is 19.6 Å². The first-order valence-electron chi connectivity index (χ1n) is 5.76. The first kappa shape index (κ1) is 13.9. The lowest BCUT2D eigenvalue weighted by molar-refractivity contribution is -0.131. The highest BCUT2D eigenvalue weighted by Gasteiger charge is 2.45. The van der Waals surface area contributed by atoms with Crippen molar-refractivity contribution in [2.24, 2.45) is 5.41 Å². The molecule has 0 amide bonds.